The Morgan fingerprint density at radius 3 is 2.62 bits per heavy atom. The van der Waals surface area contributed by atoms with E-state index in [-0.39, 0.29) is 0 Å². The highest BCUT2D eigenvalue weighted by Gasteiger charge is 2.16. The lowest BCUT2D eigenvalue weighted by Crippen LogP contribution is -2.00. The van der Waals surface area contributed by atoms with E-state index in [1.54, 1.807) is 0 Å². The normalized spacial score (nSPS) is 10.9. The molecule has 0 fully saturated rings. The Balaban J connectivity index is 2.87. The van der Waals surface area contributed by atoms with Crippen LogP contribution >= 0.6 is 0 Å². The molecule has 1 aromatic heterocycles. The van der Waals surface area contributed by atoms with Gasteiger partial charge in [0.1, 0.15) is 5.69 Å². The van der Waals surface area contributed by atoms with Crippen molar-refractivity contribution in [1.82, 2.24) is 4.98 Å². The maximum Gasteiger partial charge on any atom is 0.352 e. The summed E-state index contributed by atoms with van der Waals surface area (Å²) in [6.07, 6.45) is 0.728. The second-order valence-corrected chi connectivity index (χ2v) is 4.14. The van der Waals surface area contributed by atoms with E-state index in [0.717, 1.165) is 34.0 Å². The molecule has 1 heterocycles. The van der Waals surface area contributed by atoms with E-state index in [0.29, 0.717) is 5.69 Å². The van der Waals surface area contributed by atoms with Gasteiger partial charge in [-0.15, -0.1) is 0 Å². The second-order valence-electron chi connectivity index (χ2n) is 4.14. The first kappa shape index (κ1) is 10.7. The summed E-state index contributed by atoms with van der Waals surface area (Å²) in [6, 6.07) is 4.08. The SMILES string of the molecule is CCc1c(C(=O)O)[nH]c2cc(C)cc(C)c12. The Labute approximate surface area is 94.1 Å². The van der Waals surface area contributed by atoms with Crippen LogP contribution in [0, 0.1) is 13.8 Å². The minimum Gasteiger partial charge on any atom is -0.477 e. The van der Waals surface area contributed by atoms with Gasteiger partial charge in [0, 0.05) is 10.9 Å². The van der Waals surface area contributed by atoms with Crippen molar-refractivity contribution in [2.45, 2.75) is 27.2 Å². The predicted molar refractivity (Wildman–Crippen MR) is 64.1 cm³/mol. The highest BCUT2D eigenvalue weighted by molar-refractivity contribution is 5.98. The number of carboxylic acids is 1. The molecule has 0 radical (unpaired) electrons. The van der Waals surface area contributed by atoms with Crippen molar-refractivity contribution in [3.8, 4) is 0 Å². The molecular formula is C13H15NO2. The first-order valence-corrected chi connectivity index (χ1v) is 5.39. The molecule has 0 atom stereocenters. The smallest absolute Gasteiger partial charge is 0.352 e. The van der Waals surface area contributed by atoms with Crippen molar-refractivity contribution in [1.29, 1.82) is 0 Å². The molecule has 0 spiro atoms. The first-order chi connectivity index (χ1) is 7.54. The Kier molecular flexibility index (Phi) is 2.46. The highest BCUT2D eigenvalue weighted by Crippen LogP contribution is 2.27. The monoisotopic (exact) mass is 217 g/mol. The Morgan fingerprint density at radius 2 is 2.06 bits per heavy atom. The van der Waals surface area contributed by atoms with Crippen molar-refractivity contribution < 1.29 is 9.90 Å². The van der Waals surface area contributed by atoms with E-state index in [1.165, 1.54) is 0 Å². The largest absolute Gasteiger partial charge is 0.477 e. The number of rotatable bonds is 2. The van der Waals surface area contributed by atoms with Crippen molar-refractivity contribution in [3.05, 3.63) is 34.5 Å². The van der Waals surface area contributed by atoms with E-state index in [2.05, 4.69) is 11.1 Å². The third-order valence-electron chi connectivity index (χ3n) is 2.91. The third-order valence-corrected chi connectivity index (χ3v) is 2.91. The minimum atomic E-state index is -0.884. The summed E-state index contributed by atoms with van der Waals surface area (Å²) in [6.45, 7) is 6.02. The zero-order valence-electron chi connectivity index (χ0n) is 9.72. The summed E-state index contributed by atoms with van der Waals surface area (Å²) in [5, 5.41) is 10.2. The molecule has 2 N–H and O–H groups in total. The van der Waals surface area contributed by atoms with Crippen molar-refractivity contribution in [2.24, 2.45) is 0 Å². The maximum atomic E-state index is 11.1. The van der Waals surface area contributed by atoms with Crippen molar-refractivity contribution >= 4 is 16.9 Å². The van der Waals surface area contributed by atoms with Crippen LogP contribution in [0.5, 0.6) is 0 Å². The number of carbonyl (C=O) groups is 1. The van der Waals surface area contributed by atoms with Crippen molar-refractivity contribution in [3.63, 3.8) is 0 Å². The average molecular weight is 217 g/mol. The summed E-state index contributed by atoms with van der Waals surface area (Å²) < 4.78 is 0. The number of benzene rings is 1. The van der Waals surface area contributed by atoms with Crippen LogP contribution < -0.4 is 0 Å². The van der Waals surface area contributed by atoms with E-state index in [9.17, 15) is 4.79 Å². The van der Waals surface area contributed by atoms with Gasteiger partial charge in [0.15, 0.2) is 0 Å². The van der Waals surface area contributed by atoms with Gasteiger partial charge in [0.2, 0.25) is 0 Å². The predicted octanol–water partition coefficient (Wildman–Crippen LogP) is 3.05. The standard InChI is InChI=1S/C13H15NO2/c1-4-9-11-8(3)5-7(2)6-10(11)14-12(9)13(15)16/h5-6,14H,4H2,1-3H3,(H,15,16). The van der Waals surface area contributed by atoms with Gasteiger partial charge in [-0.2, -0.15) is 0 Å². The molecule has 3 nitrogen and oxygen atoms in total. The molecule has 0 saturated carbocycles. The molecule has 2 rings (SSSR count). The van der Waals surface area contributed by atoms with Crippen LogP contribution in [-0.2, 0) is 6.42 Å². The van der Waals surface area contributed by atoms with Crippen LogP contribution in [0.25, 0.3) is 10.9 Å². The lowest BCUT2D eigenvalue weighted by molar-refractivity contribution is 0.0690. The molecule has 2 aromatic rings. The van der Waals surface area contributed by atoms with Gasteiger partial charge >= 0.3 is 5.97 Å². The average Bonchev–Trinajstić information content (AvgIpc) is 2.56. The fourth-order valence-electron chi connectivity index (χ4n) is 2.34. The first-order valence-electron chi connectivity index (χ1n) is 5.39. The molecule has 0 aliphatic carbocycles. The minimum absolute atomic E-state index is 0.325. The van der Waals surface area contributed by atoms with Gasteiger partial charge in [-0.1, -0.05) is 13.0 Å². The summed E-state index contributed by atoms with van der Waals surface area (Å²) in [5.74, 6) is -0.884. The molecule has 0 amide bonds. The Hall–Kier alpha value is -1.77. The highest BCUT2D eigenvalue weighted by atomic mass is 16.4. The summed E-state index contributed by atoms with van der Waals surface area (Å²) >= 11 is 0. The van der Waals surface area contributed by atoms with Gasteiger partial charge in [0.05, 0.1) is 0 Å². The Morgan fingerprint density at radius 1 is 1.38 bits per heavy atom. The molecule has 0 aliphatic heterocycles. The molecule has 0 saturated heterocycles. The molecule has 0 aliphatic rings. The zero-order chi connectivity index (χ0) is 11.9. The molecular weight excluding hydrogens is 202 g/mol. The second kappa shape index (κ2) is 3.67. The Bertz CT molecular complexity index is 567. The van der Waals surface area contributed by atoms with Gasteiger partial charge in [0.25, 0.3) is 0 Å². The number of aryl methyl sites for hydroxylation is 3. The van der Waals surface area contributed by atoms with Crippen molar-refractivity contribution in [2.75, 3.05) is 0 Å². The van der Waals surface area contributed by atoms with Gasteiger partial charge in [-0.05, 0) is 43.0 Å². The molecule has 0 unspecified atom stereocenters. The lowest BCUT2D eigenvalue weighted by Gasteiger charge is -2.01. The van der Waals surface area contributed by atoms with Crippen LogP contribution in [0.2, 0.25) is 0 Å². The topological polar surface area (TPSA) is 53.1 Å². The zero-order valence-corrected chi connectivity index (χ0v) is 9.72. The van der Waals surface area contributed by atoms with Crippen LogP contribution in [0.1, 0.15) is 34.1 Å². The maximum absolute atomic E-state index is 11.1. The number of fused-ring (bicyclic) bond motifs is 1. The van der Waals surface area contributed by atoms with Crippen LogP contribution in [0.15, 0.2) is 12.1 Å². The number of carboxylic acid groups (broad SMARTS) is 1. The summed E-state index contributed by atoms with van der Waals surface area (Å²) in [7, 11) is 0. The fourth-order valence-corrected chi connectivity index (χ4v) is 2.34. The molecule has 0 bridgehead atoms. The number of aromatic amines is 1. The van der Waals surface area contributed by atoms with Crippen LogP contribution in [-0.4, -0.2) is 16.1 Å². The number of nitrogens with one attached hydrogen (secondary N) is 1. The molecule has 16 heavy (non-hydrogen) atoms. The van der Waals surface area contributed by atoms with Gasteiger partial charge in [-0.25, -0.2) is 4.79 Å². The molecule has 1 aromatic carbocycles. The van der Waals surface area contributed by atoms with E-state index in [4.69, 9.17) is 5.11 Å². The number of hydrogen-bond acceptors (Lipinski definition) is 1. The van der Waals surface area contributed by atoms with Crippen LogP contribution in [0.4, 0.5) is 0 Å². The van der Waals surface area contributed by atoms with E-state index < -0.39 is 5.97 Å². The third kappa shape index (κ3) is 1.48. The van der Waals surface area contributed by atoms with E-state index in [1.807, 2.05) is 26.8 Å². The number of aromatic nitrogens is 1. The van der Waals surface area contributed by atoms with Crippen LogP contribution in [0.3, 0.4) is 0 Å². The van der Waals surface area contributed by atoms with Gasteiger partial charge in [-0.3, -0.25) is 0 Å². The number of hydrogen-bond donors (Lipinski definition) is 2. The molecule has 84 valence electrons. The number of aromatic carboxylic acids is 1. The van der Waals surface area contributed by atoms with E-state index >= 15 is 0 Å². The fraction of sp³-hybridized carbons (Fsp3) is 0.308. The quantitative estimate of drug-likeness (QED) is 0.812. The molecule has 3 heteroatoms. The summed E-state index contributed by atoms with van der Waals surface area (Å²) in [4.78, 5) is 14.1. The van der Waals surface area contributed by atoms with Gasteiger partial charge < -0.3 is 10.1 Å². The summed E-state index contributed by atoms with van der Waals surface area (Å²) in [5.41, 5.74) is 4.43. The number of H-pyrrole nitrogens is 1. The lowest BCUT2D eigenvalue weighted by atomic mass is 10.0.